The standard InChI is InChI=1S/C16H19FN2O2/c1-18-13(12-7-8-19-10-15(12)21-3)9-11-5-4-6-14(20-2)16(11)17/h4-8,10,13,18H,9H2,1-3H3. The lowest BCUT2D eigenvalue weighted by atomic mass is 9.98. The van der Waals surface area contributed by atoms with Crippen molar-refractivity contribution in [2.24, 2.45) is 0 Å². The summed E-state index contributed by atoms with van der Waals surface area (Å²) in [4.78, 5) is 4.04. The van der Waals surface area contributed by atoms with Gasteiger partial charge in [0.2, 0.25) is 0 Å². The van der Waals surface area contributed by atoms with Gasteiger partial charge in [-0.2, -0.15) is 0 Å². The minimum atomic E-state index is -0.326. The van der Waals surface area contributed by atoms with E-state index in [2.05, 4.69) is 10.3 Å². The molecular weight excluding hydrogens is 271 g/mol. The number of ether oxygens (including phenoxy) is 2. The summed E-state index contributed by atoms with van der Waals surface area (Å²) >= 11 is 0. The Morgan fingerprint density at radius 2 is 1.95 bits per heavy atom. The normalized spacial score (nSPS) is 12.0. The van der Waals surface area contributed by atoms with Crippen LogP contribution < -0.4 is 14.8 Å². The maximum Gasteiger partial charge on any atom is 0.168 e. The maximum atomic E-state index is 14.3. The summed E-state index contributed by atoms with van der Waals surface area (Å²) in [6.07, 6.45) is 3.84. The number of hydrogen-bond acceptors (Lipinski definition) is 4. The first-order valence-corrected chi connectivity index (χ1v) is 6.67. The van der Waals surface area contributed by atoms with Gasteiger partial charge in [-0.3, -0.25) is 4.98 Å². The molecule has 2 aromatic rings. The first-order chi connectivity index (χ1) is 10.2. The molecule has 1 heterocycles. The van der Waals surface area contributed by atoms with Crippen LogP contribution in [-0.4, -0.2) is 26.3 Å². The van der Waals surface area contributed by atoms with Gasteiger partial charge in [-0.1, -0.05) is 12.1 Å². The van der Waals surface area contributed by atoms with Crippen LogP contribution in [0.2, 0.25) is 0 Å². The van der Waals surface area contributed by atoms with Crippen LogP contribution in [0, 0.1) is 5.82 Å². The van der Waals surface area contributed by atoms with Gasteiger partial charge in [0.05, 0.1) is 20.4 Å². The molecule has 1 atom stereocenters. The Bertz CT molecular complexity index is 605. The smallest absolute Gasteiger partial charge is 0.168 e. The first-order valence-electron chi connectivity index (χ1n) is 6.67. The number of nitrogens with zero attached hydrogens (tertiary/aromatic N) is 1. The van der Waals surface area contributed by atoms with Gasteiger partial charge < -0.3 is 14.8 Å². The summed E-state index contributed by atoms with van der Waals surface area (Å²) < 4.78 is 24.6. The van der Waals surface area contributed by atoms with Crippen LogP contribution in [0.15, 0.2) is 36.7 Å². The number of aromatic nitrogens is 1. The zero-order valence-electron chi connectivity index (χ0n) is 12.4. The number of hydrogen-bond donors (Lipinski definition) is 1. The maximum absolute atomic E-state index is 14.3. The minimum Gasteiger partial charge on any atom is -0.495 e. The van der Waals surface area contributed by atoms with Crippen molar-refractivity contribution >= 4 is 0 Å². The summed E-state index contributed by atoms with van der Waals surface area (Å²) in [5, 5.41) is 3.19. The molecule has 4 nitrogen and oxygen atoms in total. The molecule has 21 heavy (non-hydrogen) atoms. The Morgan fingerprint density at radius 3 is 2.62 bits per heavy atom. The molecule has 0 bridgehead atoms. The number of rotatable bonds is 6. The van der Waals surface area contributed by atoms with Crippen molar-refractivity contribution < 1.29 is 13.9 Å². The number of benzene rings is 1. The SMILES string of the molecule is CNC(Cc1cccc(OC)c1F)c1ccncc1OC. The topological polar surface area (TPSA) is 43.4 Å². The van der Waals surface area contributed by atoms with E-state index in [1.54, 1.807) is 37.7 Å². The molecule has 0 fully saturated rings. The lowest BCUT2D eigenvalue weighted by molar-refractivity contribution is 0.381. The van der Waals surface area contributed by atoms with E-state index in [0.717, 1.165) is 5.56 Å². The quantitative estimate of drug-likeness (QED) is 0.888. The number of likely N-dealkylation sites (N-methyl/N-ethyl adjacent to an activating group) is 1. The zero-order valence-corrected chi connectivity index (χ0v) is 12.4. The molecule has 0 aliphatic heterocycles. The van der Waals surface area contributed by atoms with E-state index < -0.39 is 0 Å². The monoisotopic (exact) mass is 290 g/mol. The zero-order chi connectivity index (χ0) is 15.2. The van der Waals surface area contributed by atoms with Crippen molar-refractivity contribution in [3.63, 3.8) is 0 Å². The summed E-state index contributed by atoms with van der Waals surface area (Å²) in [6.45, 7) is 0. The molecule has 0 aliphatic carbocycles. The Balaban J connectivity index is 2.31. The van der Waals surface area contributed by atoms with Gasteiger partial charge in [-0.05, 0) is 31.2 Å². The van der Waals surface area contributed by atoms with Gasteiger partial charge in [0.15, 0.2) is 11.6 Å². The van der Waals surface area contributed by atoms with Crippen LogP contribution in [0.25, 0.3) is 0 Å². The van der Waals surface area contributed by atoms with Crippen LogP contribution in [0.4, 0.5) is 4.39 Å². The summed E-state index contributed by atoms with van der Waals surface area (Å²) in [6, 6.07) is 6.95. The molecule has 0 spiro atoms. The molecule has 112 valence electrons. The Kier molecular flexibility index (Phi) is 5.11. The van der Waals surface area contributed by atoms with Crippen LogP contribution in [0.5, 0.6) is 11.5 Å². The molecule has 0 aliphatic rings. The van der Waals surface area contributed by atoms with Crippen LogP contribution in [0.1, 0.15) is 17.2 Å². The second kappa shape index (κ2) is 7.04. The molecule has 1 unspecified atom stereocenters. The first kappa shape index (κ1) is 15.3. The highest BCUT2D eigenvalue weighted by atomic mass is 19.1. The largest absolute Gasteiger partial charge is 0.495 e. The van der Waals surface area contributed by atoms with E-state index >= 15 is 0 Å². The van der Waals surface area contributed by atoms with Gasteiger partial charge in [0.25, 0.3) is 0 Å². The average Bonchev–Trinajstić information content (AvgIpc) is 2.54. The van der Waals surface area contributed by atoms with Crippen molar-refractivity contribution in [3.05, 3.63) is 53.6 Å². The van der Waals surface area contributed by atoms with Gasteiger partial charge >= 0.3 is 0 Å². The van der Waals surface area contributed by atoms with Gasteiger partial charge in [-0.15, -0.1) is 0 Å². The fraction of sp³-hybridized carbons (Fsp3) is 0.312. The van der Waals surface area contributed by atoms with Crippen molar-refractivity contribution in [1.82, 2.24) is 10.3 Å². The second-order valence-corrected chi connectivity index (χ2v) is 4.60. The Hall–Kier alpha value is -2.14. The molecule has 5 heteroatoms. The lowest BCUT2D eigenvalue weighted by Gasteiger charge is -2.19. The van der Waals surface area contributed by atoms with Gasteiger partial charge in [0, 0.05) is 17.8 Å². The van der Waals surface area contributed by atoms with E-state index in [1.165, 1.54) is 7.11 Å². The molecule has 0 radical (unpaired) electrons. The number of pyridine rings is 1. The minimum absolute atomic E-state index is 0.0791. The second-order valence-electron chi connectivity index (χ2n) is 4.60. The molecule has 2 rings (SSSR count). The van der Waals surface area contributed by atoms with Gasteiger partial charge in [0.1, 0.15) is 5.75 Å². The average molecular weight is 290 g/mol. The third-order valence-corrected chi connectivity index (χ3v) is 3.45. The summed E-state index contributed by atoms with van der Waals surface area (Å²) in [5.41, 5.74) is 1.53. The van der Waals surface area contributed by atoms with E-state index in [1.807, 2.05) is 13.1 Å². The third kappa shape index (κ3) is 3.31. The molecule has 1 aromatic carbocycles. The molecule has 1 aromatic heterocycles. The van der Waals surface area contributed by atoms with Crippen molar-refractivity contribution in [2.75, 3.05) is 21.3 Å². The molecule has 0 amide bonds. The number of halogens is 1. The molecule has 0 saturated heterocycles. The fourth-order valence-electron chi connectivity index (χ4n) is 2.31. The predicted octanol–water partition coefficient (Wildman–Crippen LogP) is 2.74. The predicted molar refractivity (Wildman–Crippen MR) is 79.2 cm³/mol. The van der Waals surface area contributed by atoms with Crippen molar-refractivity contribution in [2.45, 2.75) is 12.5 Å². The van der Waals surface area contributed by atoms with Crippen LogP contribution in [0.3, 0.4) is 0 Å². The fourth-order valence-corrected chi connectivity index (χ4v) is 2.31. The van der Waals surface area contributed by atoms with Gasteiger partial charge in [-0.25, -0.2) is 4.39 Å². The molecular formula is C16H19FN2O2. The highest BCUT2D eigenvalue weighted by molar-refractivity contribution is 5.36. The molecule has 0 saturated carbocycles. The number of methoxy groups -OCH3 is 2. The van der Waals surface area contributed by atoms with Crippen LogP contribution in [-0.2, 0) is 6.42 Å². The Morgan fingerprint density at radius 1 is 1.19 bits per heavy atom. The lowest BCUT2D eigenvalue weighted by Crippen LogP contribution is -2.20. The highest BCUT2D eigenvalue weighted by Gasteiger charge is 2.18. The summed E-state index contributed by atoms with van der Waals surface area (Å²) in [7, 11) is 4.89. The Labute approximate surface area is 123 Å². The summed E-state index contributed by atoms with van der Waals surface area (Å²) in [5.74, 6) is 0.609. The van der Waals surface area contributed by atoms with E-state index in [4.69, 9.17) is 9.47 Å². The van der Waals surface area contributed by atoms with E-state index in [-0.39, 0.29) is 17.6 Å². The van der Waals surface area contributed by atoms with Crippen molar-refractivity contribution in [1.29, 1.82) is 0 Å². The highest BCUT2D eigenvalue weighted by Crippen LogP contribution is 2.29. The van der Waals surface area contributed by atoms with Crippen LogP contribution >= 0.6 is 0 Å². The third-order valence-electron chi connectivity index (χ3n) is 3.45. The molecule has 1 N–H and O–H groups in total. The van der Waals surface area contributed by atoms with E-state index in [9.17, 15) is 4.39 Å². The van der Waals surface area contributed by atoms with E-state index in [0.29, 0.717) is 17.7 Å². The number of nitrogens with one attached hydrogen (secondary N) is 1. The van der Waals surface area contributed by atoms with Crippen molar-refractivity contribution in [3.8, 4) is 11.5 Å².